The summed E-state index contributed by atoms with van der Waals surface area (Å²) in [6.07, 6.45) is 1.95. The lowest BCUT2D eigenvalue weighted by atomic mass is 10.1. The van der Waals surface area contributed by atoms with Gasteiger partial charge in [0.2, 0.25) is 0 Å². The zero-order chi connectivity index (χ0) is 17.1. The number of amides is 1. The highest BCUT2D eigenvalue weighted by atomic mass is 32.1. The van der Waals surface area contributed by atoms with Crippen LogP contribution in [0.15, 0.2) is 48.5 Å². The van der Waals surface area contributed by atoms with Gasteiger partial charge in [0.05, 0.1) is 4.88 Å². The number of benzene rings is 2. The summed E-state index contributed by atoms with van der Waals surface area (Å²) in [7, 11) is 4.00. The number of thiophene rings is 1. The maximum Gasteiger partial charge on any atom is 0.266 e. The molecular weight excluding hydrogens is 316 g/mol. The second-order valence-electron chi connectivity index (χ2n) is 6.05. The predicted octanol–water partition coefficient (Wildman–Crippen LogP) is 5.17. The number of nitrogens with zero attached hydrogens (tertiary/aromatic N) is 1. The lowest BCUT2D eigenvalue weighted by Gasteiger charge is -2.13. The number of fused-ring (bicyclic) bond motifs is 1. The molecule has 1 aromatic heterocycles. The number of rotatable bonds is 5. The maximum atomic E-state index is 12.8. The Morgan fingerprint density at radius 1 is 1.08 bits per heavy atom. The summed E-state index contributed by atoms with van der Waals surface area (Å²) in [5.74, 6) is -0.0164. The molecule has 124 valence electrons. The largest absolute Gasteiger partial charge is 0.378 e. The number of hydrogen-bond donors (Lipinski definition) is 1. The highest BCUT2D eigenvalue weighted by Gasteiger charge is 2.17. The van der Waals surface area contributed by atoms with Crippen molar-refractivity contribution in [2.75, 3.05) is 24.3 Å². The van der Waals surface area contributed by atoms with Crippen molar-refractivity contribution in [1.29, 1.82) is 0 Å². The van der Waals surface area contributed by atoms with Gasteiger partial charge >= 0.3 is 0 Å². The van der Waals surface area contributed by atoms with Gasteiger partial charge in [0, 0.05) is 30.2 Å². The molecule has 3 nitrogen and oxygen atoms in total. The first-order chi connectivity index (χ1) is 11.6. The monoisotopic (exact) mass is 338 g/mol. The Bertz CT molecular complexity index is 850. The third-order valence-electron chi connectivity index (χ3n) is 4.05. The first-order valence-electron chi connectivity index (χ1n) is 8.19. The number of aryl methyl sites for hydroxylation is 1. The van der Waals surface area contributed by atoms with Gasteiger partial charge in [0.1, 0.15) is 0 Å². The zero-order valence-electron chi connectivity index (χ0n) is 14.3. The normalized spacial score (nSPS) is 10.8. The predicted molar refractivity (Wildman–Crippen MR) is 105 cm³/mol. The van der Waals surface area contributed by atoms with E-state index in [9.17, 15) is 4.79 Å². The van der Waals surface area contributed by atoms with Crippen molar-refractivity contribution in [3.8, 4) is 0 Å². The fourth-order valence-corrected chi connectivity index (χ4v) is 3.96. The molecule has 2 aromatic carbocycles. The number of anilines is 2. The minimum absolute atomic E-state index is 0.0164. The fourth-order valence-electron chi connectivity index (χ4n) is 2.81. The second kappa shape index (κ2) is 7.05. The number of hydrogen-bond acceptors (Lipinski definition) is 3. The van der Waals surface area contributed by atoms with Crippen molar-refractivity contribution in [2.24, 2.45) is 0 Å². The molecule has 3 rings (SSSR count). The van der Waals surface area contributed by atoms with Crippen LogP contribution in [-0.2, 0) is 6.42 Å². The molecule has 0 spiro atoms. The minimum Gasteiger partial charge on any atom is -0.378 e. The average molecular weight is 338 g/mol. The van der Waals surface area contributed by atoms with Gasteiger partial charge in [-0.3, -0.25) is 4.79 Å². The van der Waals surface area contributed by atoms with E-state index in [1.807, 2.05) is 55.4 Å². The lowest BCUT2D eigenvalue weighted by Crippen LogP contribution is -2.13. The first-order valence-corrected chi connectivity index (χ1v) is 9.01. The van der Waals surface area contributed by atoms with Crippen molar-refractivity contribution in [1.82, 2.24) is 0 Å². The molecular formula is C20H22N2OS. The second-order valence-corrected chi connectivity index (χ2v) is 7.10. The maximum absolute atomic E-state index is 12.8. The molecule has 0 aliphatic rings. The summed E-state index contributed by atoms with van der Waals surface area (Å²) in [6.45, 7) is 2.15. The number of carbonyl (C=O) groups is 1. The van der Waals surface area contributed by atoms with Crippen molar-refractivity contribution in [2.45, 2.75) is 19.8 Å². The Morgan fingerprint density at radius 3 is 2.46 bits per heavy atom. The van der Waals surface area contributed by atoms with Gasteiger partial charge in [-0.1, -0.05) is 31.5 Å². The van der Waals surface area contributed by atoms with Gasteiger partial charge in [-0.05, 0) is 47.7 Å². The molecule has 0 radical (unpaired) electrons. The van der Waals surface area contributed by atoms with Crippen LogP contribution in [0.2, 0.25) is 0 Å². The van der Waals surface area contributed by atoms with E-state index in [4.69, 9.17) is 0 Å². The van der Waals surface area contributed by atoms with Gasteiger partial charge < -0.3 is 10.2 Å². The van der Waals surface area contributed by atoms with E-state index < -0.39 is 0 Å². The highest BCUT2D eigenvalue weighted by molar-refractivity contribution is 7.21. The molecule has 3 aromatic rings. The average Bonchev–Trinajstić information content (AvgIpc) is 2.95. The molecule has 1 heterocycles. The molecule has 0 saturated heterocycles. The van der Waals surface area contributed by atoms with E-state index >= 15 is 0 Å². The summed E-state index contributed by atoms with van der Waals surface area (Å²) in [4.78, 5) is 15.7. The number of nitrogens with one attached hydrogen (secondary N) is 1. The fraction of sp³-hybridized carbons (Fsp3) is 0.250. The summed E-state index contributed by atoms with van der Waals surface area (Å²) in [6, 6.07) is 16.2. The Morgan fingerprint density at radius 2 is 1.79 bits per heavy atom. The molecule has 4 heteroatoms. The quantitative estimate of drug-likeness (QED) is 0.696. The van der Waals surface area contributed by atoms with Crippen LogP contribution in [0.25, 0.3) is 10.1 Å². The molecule has 1 amide bonds. The van der Waals surface area contributed by atoms with Gasteiger partial charge in [0.15, 0.2) is 0 Å². The smallest absolute Gasteiger partial charge is 0.266 e. The number of carbonyl (C=O) groups excluding carboxylic acids is 1. The molecule has 24 heavy (non-hydrogen) atoms. The van der Waals surface area contributed by atoms with E-state index in [0.29, 0.717) is 0 Å². The Balaban J connectivity index is 1.89. The SMILES string of the molecule is CCCc1c(C(=O)Nc2ccc(N(C)C)cc2)sc2ccccc12. The molecule has 0 unspecified atom stereocenters. The van der Waals surface area contributed by atoms with Gasteiger partial charge in [-0.15, -0.1) is 11.3 Å². The third kappa shape index (κ3) is 3.29. The van der Waals surface area contributed by atoms with E-state index in [1.54, 1.807) is 11.3 Å². The van der Waals surface area contributed by atoms with Crippen LogP contribution in [-0.4, -0.2) is 20.0 Å². The van der Waals surface area contributed by atoms with Crippen molar-refractivity contribution in [3.63, 3.8) is 0 Å². The van der Waals surface area contributed by atoms with E-state index in [1.165, 1.54) is 15.6 Å². The van der Waals surface area contributed by atoms with Crippen LogP contribution < -0.4 is 10.2 Å². The van der Waals surface area contributed by atoms with Crippen LogP contribution in [0.3, 0.4) is 0 Å². The van der Waals surface area contributed by atoms with Crippen molar-refractivity contribution in [3.05, 3.63) is 59.0 Å². The Kier molecular flexibility index (Phi) is 4.86. The summed E-state index contributed by atoms with van der Waals surface area (Å²) in [5, 5.41) is 4.24. The molecule has 1 N–H and O–H groups in total. The van der Waals surface area contributed by atoms with Gasteiger partial charge in [-0.2, -0.15) is 0 Å². The first kappa shape index (κ1) is 16.5. The van der Waals surface area contributed by atoms with Crippen molar-refractivity contribution >= 4 is 38.7 Å². The molecule has 0 atom stereocenters. The molecule has 0 aliphatic carbocycles. The van der Waals surface area contributed by atoms with Crippen LogP contribution in [0, 0.1) is 0 Å². The van der Waals surface area contributed by atoms with Gasteiger partial charge in [0.25, 0.3) is 5.91 Å². The Hall–Kier alpha value is -2.33. The summed E-state index contributed by atoms with van der Waals surface area (Å²) in [5.41, 5.74) is 3.10. The van der Waals surface area contributed by atoms with E-state index in [0.717, 1.165) is 29.1 Å². The van der Waals surface area contributed by atoms with Crippen LogP contribution >= 0.6 is 11.3 Å². The zero-order valence-corrected chi connectivity index (χ0v) is 15.1. The molecule has 0 aliphatic heterocycles. The topological polar surface area (TPSA) is 32.3 Å². The third-order valence-corrected chi connectivity index (χ3v) is 5.26. The van der Waals surface area contributed by atoms with Crippen LogP contribution in [0.1, 0.15) is 28.6 Å². The summed E-state index contributed by atoms with van der Waals surface area (Å²) < 4.78 is 1.18. The van der Waals surface area contributed by atoms with Crippen LogP contribution in [0.5, 0.6) is 0 Å². The standard InChI is InChI=1S/C20H22N2OS/c1-4-7-17-16-8-5-6-9-18(16)24-19(17)20(23)21-14-10-12-15(13-11-14)22(2)3/h5-6,8-13H,4,7H2,1-3H3,(H,21,23). The van der Waals surface area contributed by atoms with Crippen molar-refractivity contribution < 1.29 is 4.79 Å². The van der Waals surface area contributed by atoms with E-state index in [2.05, 4.69) is 24.4 Å². The molecule has 0 fully saturated rings. The molecule has 0 saturated carbocycles. The summed E-state index contributed by atoms with van der Waals surface area (Å²) >= 11 is 1.58. The van der Waals surface area contributed by atoms with Crippen LogP contribution in [0.4, 0.5) is 11.4 Å². The van der Waals surface area contributed by atoms with E-state index in [-0.39, 0.29) is 5.91 Å². The molecule has 0 bridgehead atoms. The minimum atomic E-state index is -0.0164. The van der Waals surface area contributed by atoms with Gasteiger partial charge in [-0.25, -0.2) is 0 Å². The highest BCUT2D eigenvalue weighted by Crippen LogP contribution is 2.32. The Labute approximate surface area is 146 Å². The lowest BCUT2D eigenvalue weighted by molar-refractivity contribution is 0.103.